The number of primary amides is 1. The highest BCUT2D eigenvalue weighted by Crippen LogP contribution is 2.18. The van der Waals surface area contributed by atoms with Gasteiger partial charge in [0.1, 0.15) is 0 Å². The number of amides is 2. The van der Waals surface area contributed by atoms with Gasteiger partial charge in [-0.3, -0.25) is 9.59 Å². The number of aryl methyl sites for hydroxylation is 1. The fourth-order valence-corrected chi connectivity index (χ4v) is 2.71. The Morgan fingerprint density at radius 2 is 2.10 bits per heavy atom. The maximum atomic E-state index is 11.8. The molecule has 1 aromatic heterocycles. The van der Waals surface area contributed by atoms with Crippen molar-refractivity contribution in [1.82, 2.24) is 4.98 Å². The second-order valence-electron chi connectivity index (χ2n) is 4.43. The zero-order valence-electron chi connectivity index (χ0n) is 11.1. The maximum absolute atomic E-state index is 11.8. The van der Waals surface area contributed by atoms with Crippen molar-refractivity contribution in [1.29, 1.82) is 0 Å². The fraction of sp³-hybridized carbons (Fsp3) is 0.214. The van der Waals surface area contributed by atoms with Crippen LogP contribution in [0.15, 0.2) is 29.6 Å². The lowest BCUT2D eigenvalue weighted by atomic mass is 10.1. The number of hydrogen-bond acceptors (Lipinski definition) is 4. The molecule has 0 aliphatic heterocycles. The van der Waals surface area contributed by atoms with Crippen molar-refractivity contribution in [3.05, 3.63) is 45.9 Å². The van der Waals surface area contributed by atoms with Gasteiger partial charge in [0, 0.05) is 16.8 Å². The summed E-state index contributed by atoms with van der Waals surface area (Å²) in [6.45, 7) is 0. The van der Waals surface area contributed by atoms with Crippen molar-refractivity contribution in [2.45, 2.75) is 19.3 Å². The molecule has 3 N–H and O–H groups in total. The zero-order valence-corrected chi connectivity index (χ0v) is 12.7. The van der Waals surface area contributed by atoms with E-state index in [4.69, 9.17) is 17.3 Å². The number of carbonyl (C=O) groups excluding carboxylic acids is 2. The third kappa shape index (κ3) is 4.84. The molecule has 0 aliphatic rings. The molecule has 0 atom stereocenters. The molecule has 1 heterocycles. The number of aromatic nitrogens is 1. The summed E-state index contributed by atoms with van der Waals surface area (Å²) in [4.78, 5) is 26.8. The number of carbonyl (C=O) groups is 2. The van der Waals surface area contributed by atoms with Gasteiger partial charge in [-0.1, -0.05) is 29.8 Å². The van der Waals surface area contributed by atoms with Crippen LogP contribution in [0, 0.1) is 0 Å². The molecule has 2 amide bonds. The smallest absolute Gasteiger partial charge is 0.226 e. The molecule has 21 heavy (non-hydrogen) atoms. The fourth-order valence-electron chi connectivity index (χ4n) is 1.76. The van der Waals surface area contributed by atoms with Crippen LogP contribution in [0.1, 0.15) is 17.7 Å². The Bertz CT molecular complexity index is 657. The van der Waals surface area contributed by atoms with Gasteiger partial charge < -0.3 is 11.1 Å². The van der Waals surface area contributed by atoms with Crippen molar-refractivity contribution in [3.63, 3.8) is 0 Å². The number of thiazole rings is 1. The number of anilines is 1. The van der Waals surface area contributed by atoms with Gasteiger partial charge in [0.15, 0.2) is 5.13 Å². The van der Waals surface area contributed by atoms with Crippen molar-refractivity contribution in [2.24, 2.45) is 5.73 Å². The van der Waals surface area contributed by atoms with Crippen molar-refractivity contribution in [2.75, 3.05) is 5.32 Å². The maximum Gasteiger partial charge on any atom is 0.226 e. The van der Waals surface area contributed by atoms with E-state index >= 15 is 0 Å². The summed E-state index contributed by atoms with van der Waals surface area (Å²) in [7, 11) is 0. The molecule has 0 radical (unpaired) electrons. The molecule has 2 aromatic rings. The van der Waals surface area contributed by atoms with Crippen LogP contribution in [0.25, 0.3) is 0 Å². The Balaban J connectivity index is 1.86. The number of hydrogen-bond donors (Lipinski definition) is 2. The van der Waals surface area contributed by atoms with Crippen LogP contribution in [0.3, 0.4) is 0 Å². The molecule has 0 unspecified atom stereocenters. The average Bonchev–Trinajstić information content (AvgIpc) is 2.84. The molecule has 0 saturated heterocycles. The second kappa shape index (κ2) is 7.19. The summed E-state index contributed by atoms with van der Waals surface area (Å²) in [5.41, 5.74) is 6.58. The van der Waals surface area contributed by atoms with Crippen LogP contribution in [0.5, 0.6) is 0 Å². The van der Waals surface area contributed by atoms with E-state index in [1.54, 1.807) is 11.4 Å². The predicted octanol–water partition coefficient (Wildman–Crippen LogP) is 2.40. The van der Waals surface area contributed by atoms with Gasteiger partial charge in [0.05, 0.1) is 12.1 Å². The standard InChI is InChI=1S/C14H14ClN3O2S/c15-11-4-2-1-3-9(11)5-6-13(20)18-14-17-10(8-21-14)7-12(16)19/h1-4,8H,5-7H2,(H2,16,19)(H,17,18,20). The Morgan fingerprint density at radius 1 is 1.33 bits per heavy atom. The SMILES string of the molecule is NC(=O)Cc1csc(NC(=O)CCc2ccccc2Cl)n1. The molecule has 2 rings (SSSR count). The van der Waals surface area contributed by atoms with Gasteiger partial charge in [0.25, 0.3) is 0 Å². The predicted molar refractivity (Wildman–Crippen MR) is 83.4 cm³/mol. The van der Waals surface area contributed by atoms with E-state index in [1.165, 1.54) is 11.3 Å². The van der Waals surface area contributed by atoms with E-state index in [2.05, 4.69) is 10.3 Å². The first kappa shape index (κ1) is 15.5. The van der Waals surface area contributed by atoms with Crippen molar-refractivity contribution >= 4 is 39.9 Å². The molecule has 110 valence electrons. The lowest BCUT2D eigenvalue weighted by molar-refractivity contribution is -0.117. The minimum Gasteiger partial charge on any atom is -0.369 e. The highest BCUT2D eigenvalue weighted by molar-refractivity contribution is 7.13. The van der Waals surface area contributed by atoms with Crippen molar-refractivity contribution in [3.8, 4) is 0 Å². The molecular formula is C14H14ClN3O2S. The van der Waals surface area contributed by atoms with Gasteiger partial charge in [-0.05, 0) is 18.1 Å². The van der Waals surface area contributed by atoms with Gasteiger partial charge in [-0.25, -0.2) is 4.98 Å². The average molecular weight is 324 g/mol. The Morgan fingerprint density at radius 3 is 2.81 bits per heavy atom. The lowest BCUT2D eigenvalue weighted by Crippen LogP contribution is -2.14. The molecule has 1 aromatic carbocycles. The van der Waals surface area contributed by atoms with E-state index < -0.39 is 5.91 Å². The monoisotopic (exact) mass is 323 g/mol. The highest BCUT2D eigenvalue weighted by atomic mass is 35.5. The molecule has 0 fully saturated rings. The van der Waals surface area contributed by atoms with Gasteiger partial charge in [-0.2, -0.15) is 0 Å². The summed E-state index contributed by atoms with van der Waals surface area (Å²) < 4.78 is 0. The Labute approximate surface area is 131 Å². The molecule has 0 aliphatic carbocycles. The van der Waals surface area contributed by atoms with E-state index in [1.807, 2.05) is 18.2 Å². The lowest BCUT2D eigenvalue weighted by Gasteiger charge is -2.04. The van der Waals surface area contributed by atoms with Crippen molar-refractivity contribution < 1.29 is 9.59 Å². The highest BCUT2D eigenvalue weighted by Gasteiger charge is 2.09. The first-order valence-electron chi connectivity index (χ1n) is 6.30. The second-order valence-corrected chi connectivity index (χ2v) is 5.69. The first-order valence-corrected chi connectivity index (χ1v) is 7.56. The zero-order chi connectivity index (χ0) is 15.2. The number of nitrogens with two attached hydrogens (primary N) is 1. The summed E-state index contributed by atoms with van der Waals surface area (Å²) in [6, 6.07) is 7.42. The third-order valence-electron chi connectivity index (χ3n) is 2.73. The van der Waals surface area contributed by atoms with E-state index in [9.17, 15) is 9.59 Å². The number of nitrogens with one attached hydrogen (secondary N) is 1. The summed E-state index contributed by atoms with van der Waals surface area (Å²) in [6.07, 6.45) is 0.950. The molecule has 5 nitrogen and oxygen atoms in total. The van der Waals surface area contributed by atoms with Gasteiger partial charge in [0.2, 0.25) is 11.8 Å². The first-order chi connectivity index (χ1) is 10.0. The van der Waals surface area contributed by atoms with E-state index in [-0.39, 0.29) is 12.3 Å². The van der Waals surface area contributed by atoms with Crippen LogP contribution in [-0.4, -0.2) is 16.8 Å². The molecular weight excluding hydrogens is 310 g/mol. The van der Waals surface area contributed by atoms with Crippen LogP contribution >= 0.6 is 22.9 Å². The minimum absolute atomic E-state index is 0.0754. The summed E-state index contributed by atoms with van der Waals surface area (Å²) in [5, 5.41) is 5.53. The number of halogens is 1. The number of rotatable bonds is 6. The van der Waals surface area contributed by atoms with E-state index in [0.717, 1.165) is 5.56 Å². The van der Waals surface area contributed by atoms with Crippen LogP contribution in [-0.2, 0) is 22.4 Å². The van der Waals surface area contributed by atoms with Gasteiger partial charge >= 0.3 is 0 Å². The number of benzene rings is 1. The Kier molecular flexibility index (Phi) is 5.30. The molecule has 7 heteroatoms. The normalized spacial score (nSPS) is 10.3. The number of nitrogens with zero attached hydrogens (tertiary/aromatic N) is 1. The Hall–Kier alpha value is -1.92. The molecule has 0 saturated carbocycles. The summed E-state index contributed by atoms with van der Waals surface area (Å²) in [5.74, 6) is -0.591. The molecule has 0 bridgehead atoms. The quantitative estimate of drug-likeness (QED) is 0.856. The molecule has 0 spiro atoms. The summed E-state index contributed by atoms with van der Waals surface area (Å²) >= 11 is 7.30. The van der Waals surface area contributed by atoms with Crippen LogP contribution < -0.4 is 11.1 Å². The van der Waals surface area contributed by atoms with Crippen LogP contribution in [0.4, 0.5) is 5.13 Å². The van der Waals surface area contributed by atoms with E-state index in [0.29, 0.717) is 28.7 Å². The largest absolute Gasteiger partial charge is 0.369 e. The third-order valence-corrected chi connectivity index (χ3v) is 3.91. The van der Waals surface area contributed by atoms with Crippen LogP contribution in [0.2, 0.25) is 5.02 Å². The minimum atomic E-state index is -0.447. The van der Waals surface area contributed by atoms with Gasteiger partial charge in [-0.15, -0.1) is 11.3 Å². The topological polar surface area (TPSA) is 85.1 Å².